The largest absolute Gasteiger partial charge is 0.479 e. The molecule has 1 N–H and O–H groups in total. The van der Waals surface area contributed by atoms with Gasteiger partial charge in [-0.1, -0.05) is 30.3 Å². The van der Waals surface area contributed by atoms with Crippen molar-refractivity contribution >= 4 is 12.1 Å². The summed E-state index contributed by atoms with van der Waals surface area (Å²) in [6, 6.07) is 8.24. The van der Waals surface area contributed by atoms with Crippen molar-refractivity contribution in [3.8, 4) is 0 Å². The molecule has 2 rings (SSSR count). The Kier molecular flexibility index (Phi) is 4.39. The monoisotopic (exact) mass is 321 g/mol. The summed E-state index contributed by atoms with van der Waals surface area (Å²) in [7, 11) is 0. The van der Waals surface area contributed by atoms with E-state index in [0.29, 0.717) is 5.56 Å². The molecule has 0 radical (unpaired) electrons. The lowest BCUT2D eigenvalue weighted by atomic mass is 10.0. The zero-order valence-corrected chi connectivity index (χ0v) is 14.1. The lowest BCUT2D eigenvalue weighted by Gasteiger charge is -2.35. The van der Waals surface area contributed by atoms with Crippen LogP contribution in [0.25, 0.3) is 0 Å². The van der Waals surface area contributed by atoms with E-state index in [2.05, 4.69) is 0 Å². The summed E-state index contributed by atoms with van der Waals surface area (Å²) >= 11 is 0. The molecule has 0 aromatic heterocycles. The molecule has 2 atom stereocenters. The third-order valence-electron chi connectivity index (χ3n) is 3.54. The molecule has 6 nitrogen and oxygen atoms in total. The second-order valence-electron chi connectivity index (χ2n) is 7.03. The van der Waals surface area contributed by atoms with Gasteiger partial charge in [-0.2, -0.15) is 0 Å². The van der Waals surface area contributed by atoms with Gasteiger partial charge in [0.2, 0.25) is 0 Å². The van der Waals surface area contributed by atoms with Crippen molar-refractivity contribution in [1.29, 1.82) is 0 Å². The first kappa shape index (κ1) is 17.3. The van der Waals surface area contributed by atoms with Crippen molar-refractivity contribution in [3.63, 3.8) is 0 Å². The zero-order chi connectivity index (χ0) is 17.4. The second kappa shape index (κ2) is 5.85. The number of benzene rings is 1. The molecular formula is C17H23NO5. The molecule has 6 heteroatoms. The Morgan fingerprint density at radius 2 is 1.78 bits per heavy atom. The van der Waals surface area contributed by atoms with Gasteiger partial charge in [-0.3, -0.25) is 4.90 Å². The van der Waals surface area contributed by atoms with Crippen LogP contribution in [-0.2, 0) is 14.3 Å². The van der Waals surface area contributed by atoms with E-state index in [1.54, 1.807) is 58.9 Å². The van der Waals surface area contributed by atoms with Gasteiger partial charge in [0.1, 0.15) is 17.4 Å². The number of aliphatic carboxylic acids is 1. The van der Waals surface area contributed by atoms with E-state index in [4.69, 9.17) is 9.47 Å². The van der Waals surface area contributed by atoms with Gasteiger partial charge >= 0.3 is 12.1 Å². The van der Waals surface area contributed by atoms with E-state index in [0.717, 1.165) is 0 Å². The highest BCUT2D eigenvalue weighted by Crippen LogP contribution is 2.42. The summed E-state index contributed by atoms with van der Waals surface area (Å²) in [4.78, 5) is 25.6. The Morgan fingerprint density at radius 3 is 2.26 bits per heavy atom. The molecule has 1 saturated heterocycles. The summed E-state index contributed by atoms with van der Waals surface area (Å²) in [5, 5.41) is 9.51. The van der Waals surface area contributed by atoms with Crippen LogP contribution in [-0.4, -0.2) is 39.5 Å². The molecule has 0 saturated carbocycles. The van der Waals surface area contributed by atoms with Crippen LogP contribution in [0.1, 0.15) is 46.2 Å². The molecule has 1 aromatic carbocycles. The summed E-state index contributed by atoms with van der Waals surface area (Å²) in [5.74, 6) is -1.11. The fourth-order valence-corrected chi connectivity index (χ4v) is 2.71. The highest BCUT2D eigenvalue weighted by atomic mass is 16.6. The summed E-state index contributed by atoms with van der Waals surface area (Å²) in [6.07, 6.45) is -1.75. The fraction of sp³-hybridized carbons (Fsp3) is 0.529. The Morgan fingerprint density at radius 1 is 1.22 bits per heavy atom. The smallest absolute Gasteiger partial charge is 0.413 e. The van der Waals surface area contributed by atoms with Crippen LogP contribution >= 0.6 is 0 Å². The molecule has 0 spiro atoms. The van der Waals surface area contributed by atoms with Gasteiger partial charge < -0.3 is 14.6 Å². The molecule has 0 bridgehead atoms. The normalized spacial score (nSPS) is 23.6. The maximum atomic E-state index is 12.7. The van der Waals surface area contributed by atoms with Crippen LogP contribution in [0.15, 0.2) is 30.3 Å². The number of amides is 1. The summed E-state index contributed by atoms with van der Waals surface area (Å²) < 4.78 is 11.1. The van der Waals surface area contributed by atoms with Crippen LogP contribution in [0, 0.1) is 0 Å². The SMILES string of the molecule is CC(C)(C)OC(=O)N1[C@H](c2ccccc2)[C@@H](C(=O)O)OC1(C)C. The average Bonchev–Trinajstić information content (AvgIpc) is 2.69. The molecule has 23 heavy (non-hydrogen) atoms. The molecule has 0 aliphatic carbocycles. The Bertz CT molecular complexity index is 591. The quantitative estimate of drug-likeness (QED) is 0.905. The first-order valence-electron chi connectivity index (χ1n) is 7.51. The number of nitrogens with zero attached hydrogens (tertiary/aromatic N) is 1. The molecule has 1 aliphatic heterocycles. The fourth-order valence-electron chi connectivity index (χ4n) is 2.71. The van der Waals surface area contributed by atoms with Crippen molar-refractivity contribution in [2.75, 3.05) is 0 Å². The number of carbonyl (C=O) groups excluding carboxylic acids is 1. The van der Waals surface area contributed by atoms with E-state index in [9.17, 15) is 14.7 Å². The van der Waals surface area contributed by atoms with Crippen molar-refractivity contribution in [2.45, 2.75) is 58.1 Å². The van der Waals surface area contributed by atoms with Gasteiger partial charge in [0.05, 0.1) is 0 Å². The van der Waals surface area contributed by atoms with Gasteiger partial charge in [0.15, 0.2) is 6.10 Å². The third-order valence-corrected chi connectivity index (χ3v) is 3.54. The Balaban J connectivity index is 2.46. The van der Waals surface area contributed by atoms with Crippen molar-refractivity contribution in [2.24, 2.45) is 0 Å². The van der Waals surface area contributed by atoms with Gasteiger partial charge in [0, 0.05) is 0 Å². The number of carboxylic acid groups (broad SMARTS) is 1. The van der Waals surface area contributed by atoms with Gasteiger partial charge in [-0.25, -0.2) is 9.59 Å². The number of rotatable bonds is 2. The van der Waals surface area contributed by atoms with E-state index in [1.807, 2.05) is 6.07 Å². The molecule has 1 aliphatic rings. The minimum absolute atomic E-state index is 0.597. The minimum Gasteiger partial charge on any atom is -0.479 e. The van der Waals surface area contributed by atoms with Crippen LogP contribution in [0.2, 0.25) is 0 Å². The number of hydrogen-bond acceptors (Lipinski definition) is 4. The van der Waals surface area contributed by atoms with E-state index >= 15 is 0 Å². The van der Waals surface area contributed by atoms with Gasteiger partial charge in [0.25, 0.3) is 0 Å². The number of carboxylic acids is 1. The predicted octanol–water partition coefficient (Wildman–Crippen LogP) is 3.18. The van der Waals surface area contributed by atoms with Crippen LogP contribution < -0.4 is 0 Å². The Hall–Kier alpha value is -2.08. The lowest BCUT2D eigenvalue weighted by molar-refractivity contribution is -0.155. The average molecular weight is 321 g/mol. The number of ether oxygens (including phenoxy) is 2. The van der Waals surface area contributed by atoms with Crippen molar-refractivity contribution in [1.82, 2.24) is 4.90 Å². The molecule has 1 amide bonds. The van der Waals surface area contributed by atoms with Crippen LogP contribution in [0.5, 0.6) is 0 Å². The Labute approximate surface area is 136 Å². The topological polar surface area (TPSA) is 76.1 Å². The zero-order valence-electron chi connectivity index (χ0n) is 14.1. The third kappa shape index (κ3) is 3.64. The van der Waals surface area contributed by atoms with E-state index in [1.165, 1.54) is 4.90 Å². The van der Waals surface area contributed by atoms with Crippen LogP contribution in [0.4, 0.5) is 4.79 Å². The maximum Gasteiger partial charge on any atom is 0.413 e. The predicted molar refractivity (Wildman–Crippen MR) is 83.8 cm³/mol. The van der Waals surface area contributed by atoms with E-state index in [-0.39, 0.29) is 0 Å². The van der Waals surface area contributed by atoms with E-state index < -0.39 is 35.5 Å². The highest BCUT2D eigenvalue weighted by Gasteiger charge is 2.54. The highest BCUT2D eigenvalue weighted by molar-refractivity contribution is 5.78. The molecule has 1 aromatic rings. The standard InChI is InChI=1S/C17H23NO5/c1-16(2,3)23-15(21)18-12(11-9-7-6-8-10-11)13(14(19)20)22-17(18,4)5/h6-10,12-13H,1-5H3,(H,19,20)/t12-,13+/m1/s1. The number of carbonyl (C=O) groups is 2. The van der Waals surface area contributed by atoms with Crippen LogP contribution in [0.3, 0.4) is 0 Å². The van der Waals surface area contributed by atoms with Crippen molar-refractivity contribution in [3.05, 3.63) is 35.9 Å². The van der Waals surface area contributed by atoms with Crippen molar-refractivity contribution < 1.29 is 24.2 Å². The lowest BCUT2D eigenvalue weighted by Crippen LogP contribution is -2.47. The van der Waals surface area contributed by atoms with Gasteiger partial charge in [-0.15, -0.1) is 0 Å². The first-order valence-corrected chi connectivity index (χ1v) is 7.51. The molecular weight excluding hydrogens is 298 g/mol. The first-order chi connectivity index (χ1) is 10.5. The van der Waals surface area contributed by atoms with Gasteiger partial charge in [-0.05, 0) is 40.2 Å². The number of hydrogen-bond donors (Lipinski definition) is 1. The molecule has 1 heterocycles. The molecule has 1 fully saturated rings. The molecule has 126 valence electrons. The maximum absolute atomic E-state index is 12.7. The summed E-state index contributed by atoms with van der Waals surface area (Å²) in [6.45, 7) is 8.62. The minimum atomic E-state index is -1.15. The molecule has 0 unspecified atom stereocenters. The second-order valence-corrected chi connectivity index (χ2v) is 7.03. The summed E-state index contributed by atoms with van der Waals surface area (Å²) in [5.41, 5.74) is -1.09.